The van der Waals surface area contributed by atoms with Crippen molar-refractivity contribution in [3.8, 4) is 0 Å². The maximum Gasteiger partial charge on any atom is 0.183 e. The van der Waals surface area contributed by atoms with E-state index in [2.05, 4.69) is 11.9 Å². The largest absolute Gasteiger partial charge is 0.486 e. The van der Waals surface area contributed by atoms with Gasteiger partial charge in [0.25, 0.3) is 0 Å². The Labute approximate surface area is 183 Å². The zero-order valence-electron chi connectivity index (χ0n) is 18.7. The highest BCUT2D eigenvalue weighted by Crippen LogP contribution is 2.67. The molecule has 2 heterocycles. The lowest BCUT2D eigenvalue weighted by Crippen LogP contribution is -2.67. The second kappa shape index (κ2) is 6.87. The third-order valence-corrected chi connectivity index (χ3v) is 8.44. The molecule has 0 aromatic heterocycles. The maximum absolute atomic E-state index is 13.1. The van der Waals surface area contributed by atoms with Crippen LogP contribution in [0, 0.1) is 11.3 Å². The zero-order chi connectivity index (χ0) is 22.2. The van der Waals surface area contributed by atoms with Crippen molar-refractivity contribution < 1.29 is 24.5 Å². The highest BCUT2D eigenvalue weighted by molar-refractivity contribution is 5.93. The summed E-state index contributed by atoms with van der Waals surface area (Å²) in [5.41, 5.74) is -2.04. The third kappa shape index (κ3) is 2.50. The molecule has 1 spiro atoms. The molecule has 0 aromatic carbocycles. The van der Waals surface area contributed by atoms with Crippen molar-refractivity contribution in [2.75, 3.05) is 13.6 Å². The molecule has 1 saturated heterocycles. The van der Waals surface area contributed by atoms with E-state index < -0.39 is 22.7 Å². The average Bonchev–Trinajstić information content (AvgIpc) is 3.11. The fourth-order valence-corrected chi connectivity index (χ4v) is 6.90. The van der Waals surface area contributed by atoms with E-state index in [1.54, 1.807) is 6.08 Å². The molecule has 0 amide bonds. The standard InChI is InChI=1S/C25H33NO5/c1-4-6-18(27)24(29)10-8-15-14-17-16-9-11-25(30,19(28)7-5-2)22-23(16,12-13-26(17)3)20(15)21(24)31-22/h8-9,11,16-17,22,29-30H,4-7,10,12-14H2,1-3H3/t16-,17+,22+,23-,24?,25+/m0/s1. The molecule has 6 atom stereocenters. The number of ketones is 2. The van der Waals surface area contributed by atoms with E-state index in [9.17, 15) is 19.8 Å². The van der Waals surface area contributed by atoms with Gasteiger partial charge in [-0.05, 0) is 50.9 Å². The first-order valence-electron chi connectivity index (χ1n) is 11.8. The minimum absolute atomic E-state index is 0.0687. The zero-order valence-corrected chi connectivity index (χ0v) is 18.7. The second-order valence-electron chi connectivity index (χ2n) is 10.1. The molecule has 2 aliphatic heterocycles. The summed E-state index contributed by atoms with van der Waals surface area (Å²) in [6.07, 6.45) is 8.40. The van der Waals surface area contributed by atoms with Crippen molar-refractivity contribution >= 4 is 11.6 Å². The highest BCUT2D eigenvalue weighted by Gasteiger charge is 2.71. The fraction of sp³-hybridized carbons (Fsp3) is 0.680. The summed E-state index contributed by atoms with van der Waals surface area (Å²) in [6.45, 7) is 4.66. The summed E-state index contributed by atoms with van der Waals surface area (Å²) in [7, 11) is 2.12. The first-order valence-corrected chi connectivity index (χ1v) is 11.8. The van der Waals surface area contributed by atoms with Crippen LogP contribution >= 0.6 is 0 Å². The van der Waals surface area contributed by atoms with Crippen LogP contribution in [0.2, 0.25) is 0 Å². The van der Waals surface area contributed by atoms with Gasteiger partial charge in [0.05, 0.1) is 0 Å². The van der Waals surface area contributed by atoms with Crippen LogP contribution in [0.25, 0.3) is 0 Å². The lowest BCUT2D eigenvalue weighted by Gasteiger charge is -2.59. The Balaban J connectivity index is 1.71. The van der Waals surface area contributed by atoms with Crippen LogP contribution in [0.3, 0.4) is 0 Å². The van der Waals surface area contributed by atoms with E-state index in [0.29, 0.717) is 18.6 Å². The number of aliphatic hydroxyl groups is 2. The monoisotopic (exact) mass is 427 g/mol. The Hall–Kier alpha value is -1.76. The molecule has 6 heteroatoms. The Morgan fingerprint density at radius 2 is 1.90 bits per heavy atom. The first-order chi connectivity index (χ1) is 14.7. The third-order valence-electron chi connectivity index (χ3n) is 8.44. The number of hydrogen-bond donors (Lipinski definition) is 2. The minimum Gasteiger partial charge on any atom is -0.486 e. The average molecular weight is 428 g/mol. The van der Waals surface area contributed by atoms with Crippen LogP contribution in [0.1, 0.15) is 58.8 Å². The van der Waals surface area contributed by atoms with Gasteiger partial charge < -0.3 is 19.8 Å². The van der Waals surface area contributed by atoms with Crippen molar-refractivity contribution in [1.29, 1.82) is 0 Å². The summed E-state index contributed by atoms with van der Waals surface area (Å²) in [6, 6.07) is 0.244. The van der Waals surface area contributed by atoms with Crippen LogP contribution in [0.5, 0.6) is 0 Å². The number of carbonyl (C=O) groups is 2. The molecule has 31 heavy (non-hydrogen) atoms. The highest BCUT2D eigenvalue weighted by atomic mass is 16.5. The van der Waals surface area contributed by atoms with Gasteiger partial charge in [0, 0.05) is 42.2 Å². The molecule has 3 aliphatic carbocycles. The maximum atomic E-state index is 13.1. The summed E-state index contributed by atoms with van der Waals surface area (Å²) >= 11 is 0. The van der Waals surface area contributed by atoms with Crippen LogP contribution in [0.4, 0.5) is 0 Å². The van der Waals surface area contributed by atoms with Gasteiger partial charge in [0.2, 0.25) is 0 Å². The molecule has 2 bridgehead atoms. The number of ether oxygens (including phenoxy) is 1. The SMILES string of the molecule is CCCC(=O)C1(O)CC=C2C[C@@H]3[C@@H]4C=C[C@@](O)(C(=O)CCC)[C@@H]5OC1=C2[C@@]54CCN3C. The molecule has 1 saturated carbocycles. The van der Waals surface area contributed by atoms with Gasteiger partial charge >= 0.3 is 0 Å². The lowest BCUT2D eigenvalue weighted by molar-refractivity contribution is -0.168. The lowest BCUT2D eigenvalue weighted by atomic mass is 9.48. The molecule has 5 aliphatic rings. The molecule has 6 nitrogen and oxygen atoms in total. The van der Waals surface area contributed by atoms with Crippen molar-refractivity contribution in [3.05, 3.63) is 35.1 Å². The van der Waals surface area contributed by atoms with E-state index in [1.807, 2.05) is 26.0 Å². The van der Waals surface area contributed by atoms with Gasteiger partial charge in [-0.25, -0.2) is 0 Å². The van der Waals surface area contributed by atoms with Crippen LogP contribution in [0.15, 0.2) is 35.1 Å². The number of rotatable bonds is 6. The van der Waals surface area contributed by atoms with Crippen LogP contribution in [-0.2, 0) is 14.3 Å². The topological polar surface area (TPSA) is 87.1 Å². The van der Waals surface area contributed by atoms with Crippen molar-refractivity contribution in [2.24, 2.45) is 11.3 Å². The first kappa shape index (κ1) is 21.1. The molecule has 168 valence electrons. The second-order valence-corrected chi connectivity index (χ2v) is 10.1. The summed E-state index contributed by atoms with van der Waals surface area (Å²) in [4.78, 5) is 28.5. The van der Waals surface area contributed by atoms with Crippen molar-refractivity contribution in [1.82, 2.24) is 4.90 Å². The summed E-state index contributed by atoms with van der Waals surface area (Å²) < 4.78 is 6.46. The molecular weight excluding hydrogens is 394 g/mol. The Kier molecular flexibility index (Phi) is 4.68. The fourth-order valence-electron chi connectivity index (χ4n) is 6.90. The predicted molar refractivity (Wildman–Crippen MR) is 115 cm³/mol. The van der Waals surface area contributed by atoms with Crippen LogP contribution < -0.4 is 0 Å². The number of nitrogens with zero attached hydrogens (tertiary/aromatic N) is 1. The molecule has 2 N–H and O–H groups in total. The smallest absolute Gasteiger partial charge is 0.183 e. The van der Waals surface area contributed by atoms with Gasteiger partial charge in [-0.3, -0.25) is 9.59 Å². The van der Waals surface area contributed by atoms with Gasteiger partial charge in [-0.2, -0.15) is 0 Å². The molecule has 0 radical (unpaired) electrons. The van der Waals surface area contributed by atoms with E-state index in [0.717, 1.165) is 30.5 Å². The quantitative estimate of drug-likeness (QED) is 0.633. The van der Waals surface area contributed by atoms with E-state index in [-0.39, 0.29) is 42.8 Å². The number of Topliss-reactive ketones (excluding diaryl/α,β-unsaturated/α-hetero) is 2. The molecule has 0 aromatic rings. The van der Waals surface area contributed by atoms with Gasteiger partial charge in [-0.1, -0.05) is 26.0 Å². The molecule has 2 fully saturated rings. The molecular formula is C25H33NO5. The number of hydrogen-bond acceptors (Lipinski definition) is 6. The minimum atomic E-state index is -1.75. The molecule has 5 rings (SSSR count). The van der Waals surface area contributed by atoms with Gasteiger partial charge in [-0.15, -0.1) is 0 Å². The van der Waals surface area contributed by atoms with Crippen LogP contribution in [-0.4, -0.2) is 63.6 Å². The summed E-state index contributed by atoms with van der Waals surface area (Å²) in [5.74, 6) is -0.114. The Morgan fingerprint density at radius 1 is 1.19 bits per heavy atom. The van der Waals surface area contributed by atoms with E-state index in [1.165, 1.54) is 0 Å². The van der Waals surface area contributed by atoms with E-state index in [4.69, 9.17) is 4.74 Å². The Bertz CT molecular complexity index is 934. The number of piperidine rings is 1. The molecule has 1 unspecified atom stereocenters. The number of likely N-dealkylation sites (tertiary alicyclic amines) is 1. The summed E-state index contributed by atoms with van der Waals surface area (Å²) in [5, 5.41) is 23.3. The van der Waals surface area contributed by atoms with Gasteiger partial charge in [0.15, 0.2) is 22.8 Å². The van der Waals surface area contributed by atoms with E-state index >= 15 is 0 Å². The van der Waals surface area contributed by atoms with Crippen molar-refractivity contribution in [2.45, 2.75) is 82.1 Å². The number of carbonyl (C=O) groups excluding carboxylic acids is 2. The Morgan fingerprint density at radius 3 is 2.61 bits per heavy atom. The predicted octanol–water partition coefficient (Wildman–Crippen LogP) is 2.45. The normalized spacial score (nSPS) is 42.7. The van der Waals surface area contributed by atoms with Gasteiger partial charge in [0.1, 0.15) is 11.9 Å². The van der Waals surface area contributed by atoms with Crippen molar-refractivity contribution in [3.63, 3.8) is 0 Å².